The minimum atomic E-state index is -6.09. The van der Waals surface area contributed by atoms with Crippen molar-refractivity contribution in [2.24, 2.45) is 0 Å². The van der Waals surface area contributed by atoms with Crippen LogP contribution in [0.2, 0.25) is 0 Å². The molecule has 3 heterocycles. The zero-order chi connectivity index (χ0) is 41.4. The minimum absolute atomic E-state index is 0. The first-order valence-corrected chi connectivity index (χ1v) is 23.3. The van der Waals surface area contributed by atoms with Crippen molar-refractivity contribution < 1.29 is 69.4 Å². The maximum Gasteiger partial charge on any atom is 2.00 e. The van der Waals surface area contributed by atoms with Crippen molar-refractivity contribution in [1.29, 1.82) is 5.26 Å². The second-order valence-corrected chi connectivity index (χ2v) is 22.0. The Labute approximate surface area is 315 Å². The Morgan fingerprint density at radius 2 is 0.865 bits per heavy atom. The van der Waals surface area contributed by atoms with Gasteiger partial charge in [0, 0.05) is 69.1 Å². The Balaban J connectivity index is -0.000000339. The molecular weight excluding hydrogens is 824 g/mol. The van der Waals surface area contributed by atoms with E-state index in [0.29, 0.717) is 0 Å². The molecule has 0 aromatic carbocycles. The van der Waals surface area contributed by atoms with E-state index >= 15 is 0 Å². The number of hydrogen-bond donors (Lipinski definition) is 2. The second-order valence-electron chi connectivity index (χ2n) is 13.3. The smallest absolute Gasteiger partial charge is 0.741 e. The first-order chi connectivity index (χ1) is 22.5. The monoisotopic (exact) mass is 872 g/mol. The molecule has 0 unspecified atom stereocenters. The van der Waals surface area contributed by atoms with Gasteiger partial charge in [0.05, 0.1) is 17.5 Å². The van der Waals surface area contributed by atoms with Crippen molar-refractivity contribution in [2.75, 3.05) is 40.0 Å². The van der Waals surface area contributed by atoms with Crippen molar-refractivity contribution in [3.8, 4) is 28.8 Å². The third-order valence-corrected chi connectivity index (χ3v) is 5.75. The molecule has 0 saturated heterocycles. The minimum Gasteiger partial charge on any atom is -0.741 e. The zero-order valence-electron chi connectivity index (χ0n) is 31.1. The van der Waals surface area contributed by atoms with Crippen LogP contribution in [0.25, 0.3) is 22.8 Å². The van der Waals surface area contributed by atoms with E-state index in [2.05, 4.69) is 114 Å². The fraction of sp³-hybridized carbons (Fsp3) is 0.586. The van der Waals surface area contributed by atoms with Gasteiger partial charge in [0.2, 0.25) is 0 Å². The first kappa shape index (κ1) is 56.6. The van der Waals surface area contributed by atoms with Gasteiger partial charge >= 0.3 is 28.1 Å². The Morgan fingerprint density at radius 1 is 0.654 bits per heavy atom. The van der Waals surface area contributed by atoms with Crippen molar-refractivity contribution in [3.05, 3.63) is 41.7 Å². The molecule has 2 N–H and O–H groups in total. The summed E-state index contributed by atoms with van der Waals surface area (Å²) in [4.78, 5) is 4.74. The van der Waals surface area contributed by atoms with Crippen LogP contribution in [0.15, 0.2) is 30.3 Å². The van der Waals surface area contributed by atoms with Gasteiger partial charge in [-0.3, -0.25) is 10.2 Å². The summed E-state index contributed by atoms with van der Waals surface area (Å²) >= 11 is 0. The van der Waals surface area contributed by atoms with Crippen LogP contribution in [-0.4, -0.2) is 102 Å². The van der Waals surface area contributed by atoms with Gasteiger partial charge in [-0.25, -0.2) is 21.8 Å². The van der Waals surface area contributed by atoms with E-state index in [1.807, 2.05) is 18.2 Å². The van der Waals surface area contributed by atoms with E-state index in [0.717, 1.165) is 34.2 Å². The van der Waals surface area contributed by atoms with Gasteiger partial charge in [-0.05, 0) is 40.1 Å². The average molecular weight is 873 g/mol. The summed E-state index contributed by atoms with van der Waals surface area (Å²) in [6.45, 7) is 28.0. The van der Waals surface area contributed by atoms with Crippen LogP contribution in [0.5, 0.6) is 0 Å². The maximum atomic E-state index is 10.7. The van der Waals surface area contributed by atoms with Crippen LogP contribution >= 0.6 is 15.8 Å². The molecule has 0 aliphatic heterocycles. The molecule has 3 aromatic rings. The summed E-state index contributed by atoms with van der Waals surface area (Å²) in [5.41, 5.74) is -5.63. The van der Waals surface area contributed by atoms with Crippen molar-refractivity contribution in [3.63, 3.8) is 0 Å². The maximum absolute atomic E-state index is 10.7. The molecule has 0 amide bonds. The SMILES string of the molecule is CC#N.CC(C)(C)c1cc(-c2cccc(-c3cc(C(C)(C)C)[nH]n3)n2)n[nH]1.C[PH+](C)C.C[PH+](C)C.O=S(=O)([O-])C(F)(F)F.O=S(=O)([O-])C(F)(F)F.[Fe+2]. The topological polar surface area (TPSA) is 208 Å². The number of aromatic nitrogens is 5. The van der Waals surface area contributed by atoms with Gasteiger partial charge in [-0.1, -0.05) is 47.6 Å². The molecule has 0 spiro atoms. The molecule has 0 aliphatic carbocycles. The Bertz CT molecular complexity index is 1590. The summed E-state index contributed by atoms with van der Waals surface area (Å²) in [7, 11) is -11.9. The standard InChI is InChI=1S/C19H25N5.2C3H9P.C2H3N.2CHF3O3S.Fe/c1-18(2,3)16-10-14(21-23-16)12-8-7-9-13(20-12)15-11-17(24-22-15)19(4,5)6;2*1-4(2)3;1-2-3;2*2-1(3,4)8(5,6)7;/h7-11H,1-6H3,(H,21,23)(H,22,24);2*1-3H3;1H3;2*(H,5,6,7);/q;;;;;;+2. The third kappa shape index (κ3) is 25.8. The largest absolute Gasteiger partial charge is 2.00 e. The van der Waals surface area contributed by atoms with Crippen LogP contribution in [0.4, 0.5) is 26.3 Å². The van der Waals surface area contributed by atoms with Gasteiger partial charge in [0.15, 0.2) is 20.2 Å². The fourth-order valence-corrected chi connectivity index (χ4v) is 2.39. The molecule has 0 saturated carbocycles. The molecule has 3 rings (SSSR count). The molecular formula is C29H48F6FeN6O6P2S2+2. The molecule has 3 aromatic heterocycles. The van der Waals surface area contributed by atoms with E-state index in [9.17, 15) is 26.3 Å². The molecule has 52 heavy (non-hydrogen) atoms. The van der Waals surface area contributed by atoms with Crippen LogP contribution in [0.3, 0.4) is 0 Å². The second kappa shape index (κ2) is 23.6. The third-order valence-electron chi connectivity index (χ3n) is 4.61. The predicted octanol–water partition coefficient (Wildman–Crippen LogP) is 7.27. The first-order valence-electron chi connectivity index (χ1n) is 14.5. The number of nitriles is 1. The molecule has 12 nitrogen and oxygen atoms in total. The number of nitrogens with one attached hydrogen (secondary N) is 2. The summed E-state index contributed by atoms with van der Waals surface area (Å²) < 4.78 is 118. The van der Waals surface area contributed by atoms with Crippen LogP contribution < -0.4 is 0 Å². The molecule has 0 fully saturated rings. The van der Waals surface area contributed by atoms with E-state index in [1.165, 1.54) is 6.92 Å². The molecule has 0 bridgehead atoms. The number of H-pyrrole nitrogens is 2. The molecule has 0 radical (unpaired) electrons. The number of hydrogen-bond acceptors (Lipinski definition) is 10. The summed E-state index contributed by atoms with van der Waals surface area (Å²) in [6.07, 6.45) is 0. The van der Waals surface area contributed by atoms with Crippen molar-refractivity contribution in [1.82, 2.24) is 25.4 Å². The average Bonchev–Trinajstić information content (AvgIpc) is 3.58. The molecule has 23 heteroatoms. The van der Waals surface area contributed by atoms with Crippen LogP contribution in [0.1, 0.15) is 59.9 Å². The number of rotatable bonds is 2. The molecule has 0 aliphatic rings. The number of nitrogens with zero attached hydrogens (tertiary/aromatic N) is 4. The Hall–Kier alpha value is -2.16. The van der Waals surface area contributed by atoms with E-state index in [4.69, 9.17) is 36.2 Å². The number of pyridine rings is 1. The Kier molecular flexibility index (Phi) is 25.7. The number of aromatic amines is 2. The van der Waals surface area contributed by atoms with E-state index in [-0.39, 0.29) is 43.7 Å². The number of alkyl halides is 6. The van der Waals surface area contributed by atoms with Gasteiger partial charge in [0.1, 0.15) is 11.4 Å². The molecule has 300 valence electrons. The molecule has 0 atom stereocenters. The van der Waals surface area contributed by atoms with Gasteiger partial charge in [0.25, 0.3) is 0 Å². The van der Waals surface area contributed by atoms with Gasteiger partial charge < -0.3 is 9.11 Å². The van der Waals surface area contributed by atoms with E-state index < -0.39 is 31.3 Å². The summed E-state index contributed by atoms with van der Waals surface area (Å²) in [6, 6.07) is 11.8. The van der Waals surface area contributed by atoms with E-state index in [1.54, 1.807) is 6.07 Å². The van der Waals surface area contributed by atoms with Crippen molar-refractivity contribution in [2.45, 2.75) is 70.3 Å². The summed E-state index contributed by atoms with van der Waals surface area (Å²) in [5.74, 6) is 0. The zero-order valence-corrected chi connectivity index (χ0v) is 35.8. The van der Waals surface area contributed by atoms with Gasteiger partial charge in [-0.15, -0.1) is 0 Å². The number of halogens is 6. The van der Waals surface area contributed by atoms with Crippen LogP contribution in [0, 0.1) is 11.3 Å². The van der Waals surface area contributed by atoms with Crippen molar-refractivity contribution >= 4 is 36.1 Å². The van der Waals surface area contributed by atoms with Crippen LogP contribution in [-0.2, 0) is 48.1 Å². The normalized spacial score (nSPS) is 11.7. The fourth-order valence-electron chi connectivity index (χ4n) is 2.39. The quantitative estimate of drug-likeness (QED) is 0.0866. The van der Waals surface area contributed by atoms with Gasteiger partial charge in [-0.2, -0.15) is 41.8 Å². The predicted molar refractivity (Wildman–Crippen MR) is 192 cm³/mol. The Morgan fingerprint density at radius 3 is 1.02 bits per heavy atom. The summed E-state index contributed by atoms with van der Waals surface area (Å²) in [5, 5.41) is 22.4.